The number of aromatic nitrogens is 2. The maximum atomic E-state index is 12.1. The molecule has 3 aromatic rings. The van der Waals surface area contributed by atoms with Crippen molar-refractivity contribution < 1.29 is 9.53 Å². The third kappa shape index (κ3) is 3.51. The fourth-order valence-corrected chi connectivity index (χ4v) is 2.46. The normalized spacial score (nSPS) is 10.7. The van der Waals surface area contributed by atoms with Crippen molar-refractivity contribution in [1.29, 1.82) is 0 Å². The number of pyridine rings is 1. The van der Waals surface area contributed by atoms with Crippen LogP contribution < -0.4 is 10.1 Å². The molecule has 2 heterocycles. The van der Waals surface area contributed by atoms with Gasteiger partial charge in [0.1, 0.15) is 11.4 Å². The van der Waals surface area contributed by atoms with Crippen LogP contribution in [0.5, 0.6) is 5.75 Å². The number of rotatable bonds is 5. The molecule has 1 N–H and O–H groups in total. The van der Waals surface area contributed by atoms with E-state index in [1.165, 1.54) is 0 Å². The van der Waals surface area contributed by atoms with E-state index in [-0.39, 0.29) is 12.3 Å². The van der Waals surface area contributed by atoms with Crippen LogP contribution >= 0.6 is 0 Å². The Kier molecular flexibility index (Phi) is 4.28. The summed E-state index contributed by atoms with van der Waals surface area (Å²) >= 11 is 0. The topological polar surface area (TPSA) is 55.6 Å². The Morgan fingerprint density at radius 2 is 2.04 bits per heavy atom. The number of fused-ring (bicyclic) bond motifs is 1. The van der Waals surface area contributed by atoms with Crippen molar-refractivity contribution >= 4 is 11.6 Å². The van der Waals surface area contributed by atoms with Gasteiger partial charge in [-0.2, -0.15) is 0 Å². The number of carbonyl (C=O) groups excluding carboxylic acids is 1. The van der Waals surface area contributed by atoms with Gasteiger partial charge in [0, 0.05) is 18.9 Å². The molecule has 118 valence electrons. The quantitative estimate of drug-likeness (QED) is 0.788. The minimum Gasteiger partial charge on any atom is -0.497 e. The molecule has 0 bridgehead atoms. The molecule has 0 saturated carbocycles. The van der Waals surface area contributed by atoms with Crippen molar-refractivity contribution in [2.24, 2.45) is 0 Å². The highest BCUT2D eigenvalue weighted by molar-refractivity contribution is 5.78. The molecule has 5 nitrogen and oxygen atoms in total. The van der Waals surface area contributed by atoms with Crippen molar-refractivity contribution in [2.75, 3.05) is 7.11 Å². The Bertz CT molecular complexity index is 822. The zero-order valence-electron chi connectivity index (χ0n) is 13.2. The number of imidazole rings is 1. The van der Waals surface area contributed by atoms with Crippen molar-refractivity contribution in [3.8, 4) is 5.75 Å². The van der Waals surface area contributed by atoms with Gasteiger partial charge in [0.15, 0.2) is 0 Å². The van der Waals surface area contributed by atoms with E-state index >= 15 is 0 Å². The summed E-state index contributed by atoms with van der Waals surface area (Å²) in [7, 11) is 1.63. The van der Waals surface area contributed by atoms with E-state index in [9.17, 15) is 4.79 Å². The Hall–Kier alpha value is -2.82. The summed E-state index contributed by atoms with van der Waals surface area (Å²) in [5, 5.41) is 2.91. The molecule has 0 fully saturated rings. The number of ether oxygens (including phenoxy) is 1. The highest BCUT2D eigenvalue weighted by Gasteiger charge is 2.08. The van der Waals surface area contributed by atoms with Crippen LogP contribution in [0.25, 0.3) is 5.65 Å². The maximum absolute atomic E-state index is 12.1. The van der Waals surface area contributed by atoms with E-state index in [1.807, 2.05) is 60.1 Å². The lowest BCUT2D eigenvalue weighted by molar-refractivity contribution is -0.120. The van der Waals surface area contributed by atoms with E-state index in [4.69, 9.17) is 4.74 Å². The highest BCUT2D eigenvalue weighted by atomic mass is 16.5. The van der Waals surface area contributed by atoms with E-state index in [0.29, 0.717) is 6.54 Å². The zero-order valence-corrected chi connectivity index (χ0v) is 13.2. The van der Waals surface area contributed by atoms with E-state index in [0.717, 1.165) is 28.2 Å². The smallest absolute Gasteiger partial charge is 0.226 e. The molecule has 3 rings (SSSR count). The summed E-state index contributed by atoms with van der Waals surface area (Å²) in [6.45, 7) is 2.51. The number of hydrogen-bond acceptors (Lipinski definition) is 3. The lowest BCUT2D eigenvalue weighted by atomic mass is 10.2. The molecule has 1 amide bonds. The number of nitrogens with zero attached hydrogens (tertiary/aromatic N) is 2. The molecule has 0 saturated heterocycles. The number of amides is 1. The number of carbonyl (C=O) groups is 1. The molecule has 0 atom stereocenters. The molecule has 0 radical (unpaired) electrons. The Labute approximate surface area is 134 Å². The minimum atomic E-state index is -0.0399. The first-order valence-electron chi connectivity index (χ1n) is 7.48. The Morgan fingerprint density at radius 3 is 2.74 bits per heavy atom. The molecule has 0 aliphatic rings. The summed E-state index contributed by atoms with van der Waals surface area (Å²) in [6, 6.07) is 11.6. The van der Waals surface area contributed by atoms with E-state index < -0.39 is 0 Å². The maximum Gasteiger partial charge on any atom is 0.226 e. The summed E-state index contributed by atoms with van der Waals surface area (Å²) in [6.07, 6.45) is 4.11. The molecular weight excluding hydrogens is 290 g/mol. The number of nitrogens with one attached hydrogen (secondary N) is 1. The van der Waals surface area contributed by atoms with E-state index in [2.05, 4.69) is 10.3 Å². The predicted octanol–water partition coefficient (Wildman–Crippen LogP) is 2.51. The van der Waals surface area contributed by atoms with Crippen LogP contribution in [0.4, 0.5) is 0 Å². The molecule has 2 aromatic heterocycles. The van der Waals surface area contributed by atoms with Crippen LogP contribution in [0.3, 0.4) is 0 Å². The summed E-state index contributed by atoms with van der Waals surface area (Å²) in [4.78, 5) is 16.6. The van der Waals surface area contributed by atoms with Gasteiger partial charge in [-0.15, -0.1) is 0 Å². The van der Waals surface area contributed by atoms with Gasteiger partial charge in [-0.3, -0.25) is 4.79 Å². The van der Waals surface area contributed by atoms with Crippen molar-refractivity contribution in [3.63, 3.8) is 0 Å². The van der Waals surface area contributed by atoms with Gasteiger partial charge in [0.2, 0.25) is 5.91 Å². The van der Waals surface area contributed by atoms with Gasteiger partial charge in [-0.05, 0) is 36.2 Å². The van der Waals surface area contributed by atoms with Crippen molar-refractivity contribution in [1.82, 2.24) is 14.7 Å². The van der Waals surface area contributed by atoms with Crippen molar-refractivity contribution in [2.45, 2.75) is 19.9 Å². The second-order valence-corrected chi connectivity index (χ2v) is 5.46. The fourth-order valence-electron chi connectivity index (χ4n) is 2.46. The number of benzene rings is 1. The predicted molar refractivity (Wildman–Crippen MR) is 88.5 cm³/mol. The highest BCUT2D eigenvalue weighted by Crippen LogP contribution is 2.12. The van der Waals surface area contributed by atoms with Crippen LogP contribution in [0.2, 0.25) is 0 Å². The summed E-state index contributed by atoms with van der Waals surface area (Å²) < 4.78 is 7.06. The van der Waals surface area contributed by atoms with Gasteiger partial charge < -0.3 is 14.5 Å². The van der Waals surface area contributed by atoms with Crippen LogP contribution in [0.15, 0.2) is 48.8 Å². The second kappa shape index (κ2) is 6.52. The SMILES string of the molecule is COc1ccc(CNC(=O)Cc2cn3cccc(C)c3n2)cc1. The average molecular weight is 309 g/mol. The third-order valence-corrected chi connectivity index (χ3v) is 3.72. The lowest BCUT2D eigenvalue weighted by Crippen LogP contribution is -2.24. The molecular formula is C18H19N3O2. The van der Waals surface area contributed by atoms with Crippen LogP contribution in [-0.2, 0) is 17.8 Å². The minimum absolute atomic E-state index is 0.0399. The van der Waals surface area contributed by atoms with Gasteiger partial charge in [-0.25, -0.2) is 4.98 Å². The van der Waals surface area contributed by atoms with Crippen LogP contribution in [0.1, 0.15) is 16.8 Å². The first-order chi connectivity index (χ1) is 11.2. The molecule has 0 aliphatic heterocycles. The van der Waals surface area contributed by atoms with Gasteiger partial charge in [0.05, 0.1) is 19.2 Å². The van der Waals surface area contributed by atoms with Crippen LogP contribution in [-0.4, -0.2) is 22.4 Å². The standard InChI is InChI=1S/C18H19N3O2/c1-13-4-3-9-21-12-15(20-18(13)21)10-17(22)19-11-14-5-7-16(23-2)8-6-14/h3-9,12H,10-11H2,1-2H3,(H,19,22). The van der Waals surface area contributed by atoms with Gasteiger partial charge in [0.25, 0.3) is 0 Å². The summed E-state index contributed by atoms with van der Waals surface area (Å²) in [5.41, 5.74) is 3.79. The van der Waals surface area contributed by atoms with E-state index in [1.54, 1.807) is 7.11 Å². The number of hydrogen-bond donors (Lipinski definition) is 1. The third-order valence-electron chi connectivity index (χ3n) is 3.72. The molecule has 5 heteroatoms. The molecule has 0 aliphatic carbocycles. The van der Waals surface area contributed by atoms with Crippen LogP contribution in [0, 0.1) is 6.92 Å². The zero-order chi connectivity index (χ0) is 16.2. The van der Waals surface area contributed by atoms with Gasteiger partial charge >= 0.3 is 0 Å². The first kappa shape index (κ1) is 15.1. The molecule has 23 heavy (non-hydrogen) atoms. The Balaban J connectivity index is 1.60. The van der Waals surface area contributed by atoms with Crippen molar-refractivity contribution in [3.05, 3.63) is 65.6 Å². The number of aryl methyl sites for hydroxylation is 1. The first-order valence-corrected chi connectivity index (χ1v) is 7.48. The molecule has 0 spiro atoms. The second-order valence-electron chi connectivity index (χ2n) is 5.46. The van der Waals surface area contributed by atoms with Gasteiger partial charge in [-0.1, -0.05) is 18.2 Å². The summed E-state index contributed by atoms with van der Waals surface area (Å²) in [5.74, 6) is 0.766. The Morgan fingerprint density at radius 1 is 1.26 bits per heavy atom. The lowest BCUT2D eigenvalue weighted by Gasteiger charge is -2.05. The molecule has 0 unspecified atom stereocenters. The largest absolute Gasteiger partial charge is 0.497 e. The monoisotopic (exact) mass is 309 g/mol. The fraction of sp³-hybridized carbons (Fsp3) is 0.222. The molecule has 1 aromatic carbocycles. The average Bonchev–Trinajstić information content (AvgIpc) is 2.97. The number of methoxy groups -OCH3 is 1.